The second-order valence-corrected chi connectivity index (χ2v) is 32.9. The topological polar surface area (TPSA) is 63.2 Å². The van der Waals surface area contributed by atoms with Gasteiger partial charge in [-0.25, -0.2) is 0 Å². The molecule has 7 rings (SSSR count). The molecule has 1 heterocycles. The molecule has 0 amide bonds. The zero-order chi connectivity index (χ0) is 59.7. The van der Waals surface area contributed by atoms with Gasteiger partial charge in [-0.1, -0.05) is 251 Å². The molecule has 7 aromatic rings. The predicted octanol–water partition coefficient (Wildman–Crippen LogP) is 22.8. The number of hydrogen-bond donors (Lipinski definition) is 0. The Kier molecular flexibility index (Phi) is 17.6. The Morgan fingerprint density at radius 3 is 1.02 bits per heavy atom. The number of hydrogen-bond acceptors (Lipinski definition) is 6. The third-order valence-electron chi connectivity index (χ3n) is 15.4. The fraction of sp³-hybridized carbons (Fsp3) is 0.500. The lowest BCUT2D eigenvalue weighted by molar-refractivity contribution is 0.191. The summed E-state index contributed by atoms with van der Waals surface area (Å²) in [5, 5.41) is 2.05. The number of benzene rings is 6. The van der Waals surface area contributed by atoms with Crippen LogP contribution >= 0.6 is 16.8 Å². The molecule has 0 saturated heterocycles. The van der Waals surface area contributed by atoms with Gasteiger partial charge in [0.2, 0.25) is 0 Å². The summed E-state index contributed by atoms with van der Waals surface area (Å²) < 4.78 is 44.6. The normalized spacial score (nSPS) is 13.4. The van der Waals surface area contributed by atoms with E-state index in [1.165, 1.54) is 22.3 Å². The van der Waals surface area contributed by atoms with Gasteiger partial charge in [-0.05, 0) is 114 Å². The van der Waals surface area contributed by atoms with Crippen molar-refractivity contribution in [3.8, 4) is 22.6 Å². The summed E-state index contributed by atoms with van der Waals surface area (Å²) in [4.78, 5) is 0. The molecule has 1 aromatic heterocycles. The Hall–Kier alpha value is -4.83. The minimum absolute atomic E-state index is 0.147. The van der Waals surface area contributed by atoms with Crippen LogP contribution in [0.25, 0.3) is 33.1 Å². The average molecular weight is 1120 g/mol. The van der Waals surface area contributed by atoms with Crippen molar-refractivity contribution in [3.63, 3.8) is 0 Å². The Balaban J connectivity index is 1.70. The average Bonchev–Trinajstić information content (AvgIpc) is 3.50. The molecule has 80 heavy (non-hydrogen) atoms. The van der Waals surface area contributed by atoms with Gasteiger partial charge in [0, 0.05) is 44.2 Å². The van der Waals surface area contributed by atoms with E-state index in [-0.39, 0.29) is 32.5 Å². The van der Waals surface area contributed by atoms with Crippen LogP contribution in [0.5, 0.6) is 11.5 Å². The van der Waals surface area contributed by atoms with Gasteiger partial charge in [0.25, 0.3) is 0 Å². The molecule has 0 aliphatic heterocycles. The lowest BCUT2D eigenvalue weighted by atomic mass is 9.72. The van der Waals surface area contributed by atoms with Gasteiger partial charge < -0.3 is 17.4 Å². The van der Waals surface area contributed by atoms with E-state index in [1.807, 2.05) is 36.4 Å². The Morgan fingerprint density at radius 1 is 0.375 bits per heavy atom. The van der Waals surface area contributed by atoms with E-state index in [1.54, 1.807) is 0 Å². The van der Waals surface area contributed by atoms with Gasteiger partial charge >= 0.3 is 16.8 Å². The first kappa shape index (κ1) is 62.8. The third-order valence-corrected chi connectivity index (χ3v) is 17.4. The maximum atomic E-state index is 7.96. The maximum Gasteiger partial charge on any atom is 0.453 e. The lowest BCUT2D eigenvalue weighted by Crippen LogP contribution is -2.22. The molecule has 0 unspecified atom stereocenters. The molecule has 0 N–H and O–H groups in total. The molecule has 0 bridgehead atoms. The summed E-state index contributed by atoms with van der Waals surface area (Å²) in [6.45, 7) is 60.2. The third kappa shape index (κ3) is 14.0. The summed E-state index contributed by atoms with van der Waals surface area (Å²) in [6.07, 6.45) is 0. The quantitative estimate of drug-likeness (QED) is 0.120. The van der Waals surface area contributed by atoms with Gasteiger partial charge in [-0.3, -0.25) is 9.05 Å². The summed E-state index contributed by atoms with van der Waals surface area (Å²) in [5.41, 5.74) is 14.8. The second-order valence-electron chi connectivity index (χ2n) is 30.7. The van der Waals surface area contributed by atoms with E-state index in [4.69, 9.17) is 26.5 Å². The Labute approximate surface area is 485 Å². The summed E-state index contributed by atoms with van der Waals surface area (Å²) in [6, 6.07) is 34.7. The summed E-state index contributed by atoms with van der Waals surface area (Å²) >= 11 is 0. The minimum Gasteiger partial charge on any atom is -0.426 e. The zero-order valence-corrected chi connectivity index (χ0v) is 55.8. The molecule has 8 heteroatoms. The van der Waals surface area contributed by atoms with Crippen molar-refractivity contribution in [1.82, 2.24) is 0 Å². The largest absolute Gasteiger partial charge is 0.453 e. The van der Waals surface area contributed by atoms with E-state index < -0.39 is 27.7 Å². The molecule has 6 nitrogen and oxygen atoms in total. The lowest BCUT2D eigenvalue weighted by Gasteiger charge is -2.35. The monoisotopic (exact) mass is 1120 g/mol. The van der Waals surface area contributed by atoms with Crippen molar-refractivity contribution in [2.45, 2.75) is 237 Å². The SMILES string of the molecule is Cc1c(C(C)(C)C)cc(C(C)(C)C)c(OP(OCc2ccccc2)OCc2ccccc2)c1-c1c(C)c(C(C)(C)C)cc(C(C)(C)C)c1Op1oc2c(C(C)(C)C)cc(C(C)(C)C)cc2c2cc(C(C)(C)C)cc(C(C)(C)C)c2o1. The van der Waals surface area contributed by atoms with Gasteiger partial charge in [0.15, 0.2) is 0 Å². The zero-order valence-electron chi connectivity index (χ0n) is 54.0. The van der Waals surface area contributed by atoms with E-state index >= 15 is 0 Å². The fourth-order valence-electron chi connectivity index (χ4n) is 10.7. The number of fused-ring (bicyclic) bond motifs is 3. The minimum atomic E-state index is -2.22. The molecule has 0 fully saturated rings. The van der Waals surface area contributed by atoms with Crippen molar-refractivity contribution in [3.05, 3.63) is 164 Å². The highest BCUT2D eigenvalue weighted by Gasteiger charge is 2.38. The van der Waals surface area contributed by atoms with Gasteiger partial charge in [0.1, 0.15) is 22.7 Å². The second kappa shape index (κ2) is 22.4. The van der Waals surface area contributed by atoms with Gasteiger partial charge in [-0.2, -0.15) is 0 Å². The molecular formula is C72H98O6P2. The molecule has 0 aliphatic carbocycles. The molecule has 0 spiro atoms. The highest BCUT2D eigenvalue weighted by Crippen LogP contribution is 2.58. The smallest absolute Gasteiger partial charge is 0.426 e. The predicted molar refractivity (Wildman–Crippen MR) is 343 cm³/mol. The molecule has 432 valence electrons. The van der Waals surface area contributed by atoms with Crippen LogP contribution < -0.4 is 9.05 Å². The van der Waals surface area contributed by atoms with E-state index in [0.717, 1.165) is 83.3 Å². The van der Waals surface area contributed by atoms with Crippen molar-refractivity contribution in [1.29, 1.82) is 0 Å². The molecular weight excluding hydrogens is 1020 g/mol. The first-order valence-electron chi connectivity index (χ1n) is 29.0. The molecule has 6 aromatic carbocycles. The van der Waals surface area contributed by atoms with E-state index in [9.17, 15) is 0 Å². The van der Waals surface area contributed by atoms with Crippen molar-refractivity contribution >= 4 is 38.8 Å². The highest BCUT2D eigenvalue weighted by molar-refractivity contribution is 7.42. The Morgan fingerprint density at radius 2 is 0.700 bits per heavy atom. The van der Waals surface area contributed by atoms with Crippen molar-refractivity contribution in [2.24, 2.45) is 0 Å². The van der Waals surface area contributed by atoms with Crippen LogP contribution in [0.4, 0.5) is 0 Å². The van der Waals surface area contributed by atoms with Crippen LogP contribution in [0, 0.1) is 13.8 Å². The van der Waals surface area contributed by atoms with Gasteiger partial charge in [-0.15, -0.1) is 0 Å². The van der Waals surface area contributed by atoms with Crippen LogP contribution in [0.3, 0.4) is 0 Å². The molecule has 0 radical (unpaired) electrons. The van der Waals surface area contributed by atoms with E-state index in [0.29, 0.717) is 19.0 Å². The first-order chi connectivity index (χ1) is 36.6. The summed E-state index contributed by atoms with van der Waals surface area (Å²) in [7, 11) is -4.22. The van der Waals surface area contributed by atoms with Crippen LogP contribution in [0.15, 0.2) is 105 Å². The molecule has 0 atom stereocenters. The fourth-order valence-corrected chi connectivity index (χ4v) is 12.8. The van der Waals surface area contributed by atoms with Crippen molar-refractivity contribution in [2.75, 3.05) is 0 Å². The molecule has 0 saturated carbocycles. The molecule has 0 aliphatic rings. The van der Waals surface area contributed by atoms with Crippen LogP contribution in [0.2, 0.25) is 0 Å². The Bertz CT molecular complexity index is 3260. The van der Waals surface area contributed by atoms with Gasteiger partial charge in [0.05, 0.1) is 13.2 Å². The van der Waals surface area contributed by atoms with E-state index in [2.05, 4.69) is 241 Å². The number of rotatable bonds is 11. The summed E-state index contributed by atoms with van der Waals surface area (Å²) in [5.74, 6) is 1.43. The maximum absolute atomic E-state index is 7.96. The first-order valence-corrected chi connectivity index (χ1v) is 31.2. The van der Waals surface area contributed by atoms with Crippen molar-refractivity contribution < 1.29 is 26.5 Å². The highest BCUT2D eigenvalue weighted by atomic mass is 31.2. The standard InChI is InChI=1S/C72H98O6P2/c1-45-53(67(9,10)11)41-57(71(21,22)23)63(77-79(73-43-47-33-29-27-30-34-47)74-44-48-35-31-28-32-36-48)59(45)60-46(2)54(68(12,13)14)42-58(72(24,25)26)64(60)78-80-75-61-51(37-49(65(3,4)5)39-55(61)69(15,16)17)52-38-50(66(6,7)8)40-56(62(52)76-80)70(18,19)20/h27-42H,43-44H2,1-26H3. The van der Waals surface area contributed by atoms with Crippen LogP contribution in [0.1, 0.15) is 233 Å². The van der Waals surface area contributed by atoms with Crippen LogP contribution in [-0.2, 0) is 65.6 Å². The van der Waals surface area contributed by atoms with Crippen LogP contribution in [-0.4, -0.2) is 0 Å².